The maximum Gasteiger partial charge on any atom is 0.289 e. The number of benzene rings is 2. The smallest absolute Gasteiger partial charge is 0.273 e. The van der Waals surface area contributed by atoms with Crippen LogP contribution in [0.3, 0.4) is 0 Å². The molecule has 6 nitrogen and oxygen atoms in total. The molecule has 148 valence electrons. The van der Waals surface area contributed by atoms with Crippen LogP contribution in [0.5, 0.6) is 0 Å². The molecule has 1 saturated heterocycles. The lowest BCUT2D eigenvalue weighted by Gasteiger charge is -2.23. The van der Waals surface area contributed by atoms with Gasteiger partial charge in [0.1, 0.15) is 6.54 Å². The highest BCUT2D eigenvalue weighted by Crippen LogP contribution is 2.34. The Kier molecular flexibility index (Phi) is 5.63. The molecule has 0 saturated carbocycles. The molecule has 0 radical (unpaired) electrons. The number of imide groups is 1. The van der Waals surface area contributed by atoms with Crippen molar-refractivity contribution in [2.45, 2.75) is 12.5 Å². The van der Waals surface area contributed by atoms with Crippen molar-refractivity contribution >= 4 is 57.7 Å². The van der Waals surface area contributed by atoms with Gasteiger partial charge in [0.15, 0.2) is 0 Å². The second kappa shape index (κ2) is 8.18. The van der Waals surface area contributed by atoms with E-state index in [0.717, 1.165) is 33.5 Å². The normalized spacial score (nSPS) is 19.1. The fraction of sp³-hybridized carbons (Fsp3) is 0.200. The Morgan fingerprint density at radius 2 is 1.66 bits per heavy atom. The summed E-state index contributed by atoms with van der Waals surface area (Å²) in [4.78, 5) is 37.7. The van der Waals surface area contributed by atoms with Gasteiger partial charge in [0.05, 0.1) is 17.5 Å². The Bertz CT molecular complexity index is 993. The van der Waals surface area contributed by atoms with Gasteiger partial charge >= 0.3 is 0 Å². The van der Waals surface area contributed by atoms with Gasteiger partial charge in [-0.05, 0) is 35.4 Å². The van der Waals surface area contributed by atoms with Crippen molar-refractivity contribution in [3.63, 3.8) is 0 Å². The molecule has 3 amide bonds. The highest BCUT2D eigenvalue weighted by Gasteiger charge is 2.37. The molecule has 9 heteroatoms. The van der Waals surface area contributed by atoms with Gasteiger partial charge in [-0.1, -0.05) is 59.2 Å². The molecule has 1 unspecified atom stereocenters. The summed E-state index contributed by atoms with van der Waals surface area (Å²) in [6, 6.07) is 14.1. The van der Waals surface area contributed by atoms with Gasteiger partial charge in [-0.25, -0.2) is 5.01 Å². The molecule has 2 aromatic carbocycles. The summed E-state index contributed by atoms with van der Waals surface area (Å²) in [5.74, 6) is -0.720. The summed E-state index contributed by atoms with van der Waals surface area (Å²) < 4.78 is 0. The van der Waals surface area contributed by atoms with Gasteiger partial charge in [0.2, 0.25) is 5.91 Å². The SMILES string of the molecule is O=C1CSC(=O)N1CC(=O)N1N=C(c2ccc(Cl)cc2)CC1c1ccc(Cl)cc1. The molecule has 0 aliphatic carbocycles. The number of carbonyl (C=O) groups is 3. The highest BCUT2D eigenvalue weighted by molar-refractivity contribution is 8.14. The molecular formula is C20H15Cl2N3O3S. The van der Waals surface area contributed by atoms with Gasteiger partial charge in [-0.2, -0.15) is 5.10 Å². The van der Waals surface area contributed by atoms with Gasteiger partial charge in [0.25, 0.3) is 11.1 Å². The second-order valence-corrected chi connectivity index (χ2v) is 8.40. The summed E-state index contributed by atoms with van der Waals surface area (Å²) in [5.41, 5.74) is 2.44. The summed E-state index contributed by atoms with van der Waals surface area (Å²) >= 11 is 12.9. The van der Waals surface area contributed by atoms with Crippen molar-refractivity contribution in [1.29, 1.82) is 0 Å². The van der Waals surface area contributed by atoms with Crippen LogP contribution in [0, 0.1) is 0 Å². The molecule has 1 fully saturated rings. The zero-order valence-electron chi connectivity index (χ0n) is 15.0. The van der Waals surface area contributed by atoms with Crippen LogP contribution in [0.25, 0.3) is 0 Å². The number of hydrogen-bond donors (Lipinski definition) is 0. The lowest BCUT2D eigenvalue weighted by atomic mass is 9.98. The van der Waals surface area contributed by atoms with Crippen LogP contribution in [-0.4, -0.2) is 45.0 Å². The Balaban J connectivity index is 1.64. The number of rotatable bonds is 4. The minimum absolute atomic E-state index is 0.0615. The monoisotopic (exact) mass is 447 g/mol. The zero-order chi connectivity index (χ0) is 20.5. The van der Waals surface area contributed by atoms with Crippen LogP contribution in [0.15, 0.2) is 53.6 Å². The second-order valence-electron chi connectivity index (χ2n) is 6.60. The summed E-state index contributed by atoms with van der Waals surface area (Å²) in [5, 5.41) is 6.68. The van der Waals surface area contributed by atoms with Crippen molar-refractivity contribution < 1.29 is 14.4 Å². The largest absolute Gasteiger partial charge is 0.289 e. The molecule has 1 atom stereocenters. The highest BCUT2D eigenvalue weighted by atomic mass is 35.5. The third-order valence-corrected chi connectivity index (χ3v) is 6.09. The third kappa shape index (κ3) is 4.17. The maximum atomic E-state index is 13.0. The quantitative estimate of drug-likeness (QED) is 0.697. The first-order chi connectivity index (χ1) is 13.9. The van der Waals surface area contributed by atoms with E-state index in [1.54, 1.807) is 24.3 Å². The first kappa shape index (κ1) is 19.9. The molecule has 0 N–H and O–H groups in total. The molecule has 2 heterocycles. The minimum Gasteiger partial charge on any atom is -0.273 e. The van der Waals surface area contributed by atoms with Gasteiger partial charge < -0.3 is 0 Å². The van der Waals surface area contributed by atoms with Crippen LogP contribution < -0.4 is 0 Å². The number of thioether (sulfide) groups is 1. The molecule has 2 aliphatic heterocycles. The zero-order valence-corrected chi connectivity index (χ0v) is 17.4. The number of amides is 3. The number of hydrogen-bond acceptors (Lipinski definition) is 5. The minimum atomic E-state index is -0.418. The van der Waals surface area contributed by atoms with E-state index < -0.39 is 11.1 Å². The molecular weight excluding hydrogens is 433 g/mol. The van der Waals surface area contributed by atoms with Crippen LogP contribution in [0.2, 0.25) is 10.0 Å². The molecule has 4 rings (SSSR count). The van der Waals surface area contributed by atoms with E-state index in [4.69, 9.17) is 23.2 Å². The fourth-order valence-electron chi connectivity index (χ4n) is 3.24. The molecule has 2 aliphatic rings. The van der Waals surface area contributed by atoms with E-state index in [1.807, 2.05) is 24.3 Å². The topological polar surface area (TPSA) is 70.1 Å². The van der Waals surface area contributed by atoms with E-state index in [0.29, 0.717) is 16.5 Å². The van der Waals surface area contributed by atoms with Gasteiger partial charge in [0, 0.05) is 16.5 Å². The Labute approximate surface area is 181 Å². The van der Waals surface area contributed by atoms with E-state index in [1.165, 1.54) is 5.01 Å². The van der Waals surface area contributed by atoms with E-state index in [9.17, 15) is 14.4 Å². The number of halogens is 2. The number of carbonyl (C=O) groups excluding carboxylic acids is 3. The van der Waals surface area contributed by atoms with E-state index >= 15 is 0 Å². The lowest BCUT2D eigenvalue weighted by molar-refractivity contribution is -0.137. The molecule has 29 heavy (non-hydrogen) atoms. The van der Waals surface area contributed by atoms with Crippen molar-refractivity contribution in [2.24, 2.45) is 5.10 Å². The maximum absolute atomic E-state index is 13.0. The molecule has 0 aromatic heterocycles. The Morgan fingerprint density at radius 3 is 2.24 bits per heavy atom. The third-order valence-electron chi connectivity index (χ3n) is 4.73. The molecule has 0 bridgehead atoms. The van der Waals surface area contributed by atoms with Crippen molar-refractivity contribution in [3.8, 4) is 0 Å². The van der Waals surface area contributed by atoms with Crippen LogP contribution in [0.4, 0.5) is 4.79 Å². The summed E-state index contributed by atoms with van der Waals surface area (Å²) in [6.45, 7) is -0.327. The molecule has 2 aromatic rings. The predicted molar refractivity (Wildman–Crippen MR) is 113 cm³/mol. The first-order valence-electron chi connectivity index (χ1n) is 8.80. The van der Waals surface area contributed by atoms with E-state index in [2.05, 4.69) is 5.10 Å². The summed E-state index contributed by atoms with van der Waals surface area (Å²) in [6.07, 6.45) is 0.492. The average Bonchev–Trinajstić information content (AvgIpc) is 3.28. The first-order valence-corrected chi connectivity index (χ1v) is 10.5. The molecule has 0 spiro atoms. The van der Waals surface area contributed by atoms with Crippen molar-refractivity contribution in [2.75, 3.05) is 12.3 Å². The lowest BCUT2D eigenvalue weighted by Crippen LogP contribution is -2.40. The standard InChI is InChI=1S/C20H15Cl2N3O3S/c21-14-5-1-12(2-6-14)16-9-17(13-3-7-15(22)8-4-13)25(23-16)18(26)10-24-19(27)11-29-20(24)28/h1-8,17H,9-11H2. The Hall–Kier alpha value is -2.35. The van der Waals surface area contributed by atoms with Gasteiger partial charge in [-0.15, -0.1) is 0 Å². The van der Waals surface area contributed by atoms with Crippen LogP contribution in [0.1, 0.15) is 23.6 Å². The van der Waals surface area contributed by atoms with Crippen molar-refractivity contribution in [1.82, 2.24) is 9.91 Å². The fourth-order valence-corrected chi connectivity index (χ4v) is 4.22. The Morgan fingerprint density at radius 1 is 1.03 bits per heavy atom. The van der Waals surface area contributed by atoms with Crippen LogP contribution >= 0.6 is 35.0 Å². The average molecular weight is 448 g/mol. The predicted octanol–water partition coefficient (Wildman–Crippen LogP) is 4.37. The van der Waals surface area contributed by atoms with Crippen molar-refractivity contribution in [3.05, 3.63) is 69.7 Å². The number of hydrazone groups is 1. The van der Waals surface area contributed by atoms with Crippen LogP contribution in [-0.2, 0) is 9.59 Å². The summed E-state index contributed by atoms with van der Waals surface area (Å²) in [7, 11) is 0. The van der Waals surface area contributed by atoms with Gasteiger partial charge in [-0.3, -0.25) is 19.3 Å². The number of nitrogens with zero attached hydrogens (tertiary/aromatic N) is 3. The van der Waals surface area contributed by atoms with E-state index in [-0.39, 0.29) is 24.2 Å².